The van der Waals surface area contributed by atoms with E-state index in [-0.39, 0.29) is 6.10 Å². The summed E-state index contributed by atoms with van der Waals surface area (Å²) in [7, 11) is 0. The van der Waals surface area contributed by atoms with Crippen molar-refractivity contribution in [1.82, 2.24) is 5.32 Å². The standard InChI is InChI=1S/C13H16N2O3/c14-18-11-7-4-8-13(11,15-12(16)17)9-10-5-2-1-3-6-10/h1-6,8,11,15H,7,9,14H2,(H,16,17)/t11-,13-/m0/s1. The van der Waals surface area contributed by atoms with Crippen molar-refractivity contribution in [2.45, 2.75) is 24.5 Å². The molecule has 1 aliphatic rings. The number of nitrogens with two attached hydrogens (primary N) is 1. The maximum absolute atomic E-state index is 11.0. The van der Waals surface area contributed by atoms with Crippen LogP contribution in [0.5, 0.6) is 0 Å². The Bertz CT molecular complexity index is 447. The van der Waals surface area contributed by atoms with Crippen LogP contribution >= 0.6 is 0 Å². The van der Waals surface area contributed by atoms with E-state index in [0.717, 1.165) is 5.56 Å². The van der Waals surface area contributed by atoms with Crippen LogP contribution in [0.15, 0.2) is 42.5 Å². The van der Waals surface area contributed by atoms with Crippen molar-refractivity contribution in [1.29, 1.82) is 0 Å². The third-order valence-electron chi connectivity index (χ3n) is 3.18. The number of carbonyl (C=O) groups is 1. The minimum atomic E-state index is -1.08. The first kappa shape index (κ1) is 12.6. The molecule has 2 rings (SSSR count). The summed E-state index contributed by atoms with van der Waals surface area (Å²) in [6.07, 6.45) is 3.36. The van der Waals surface area contributed by atoms with Gasteiger partial charge in [0, 0.05) is 6.42 Å². The van der Waals surface area contributed by atoms with E-state index >= 15 is 0 Å². The van der Waals surface area contributed by atoms with Gasteiger partial charge >= 0.3 is 6.09 Å². The van der Waals surface area contributed by atoms with Gasteiger partial charge in [-0.25, -0.2) is 10.7 Å². The molecule has 1 amide bonds. The smallest absolute Gasteiger partial charge is 0.405 e. The normalized spacial score (nSPS) is 26.2. The summed E-state index contributed by atoms with van der Waals surface area (Å²) in [5.74, 6) is 5.27. The van der Waals surface area contributed by atoms with Gasteiger partial charge in [-0.1, -0.05) is 42.5 Å². The number of amides is 1. The van der Waals surface area contributed by atoms with Crippen molar-refractivity contribution < 1.29 is 14.7 Å². The van der Waals surface area contributed by atoms with Crippen LogP contribution in [0.4, 0.5) is 4.79 Å². The quantitative estimate of drug-likeness (QED) is 0.556. The van der Waals surface area contributed by atoms with Gasteiger partial charge in [0.05, 0.1) is 5.54 Å². The molecular weight excluding hydrogens is 232 g/mol. The SMILES string of the molecule is NO[C@H]1CC=C[C@@]1(Cc1ccccc1)NC(=O)O. The van der Waals surface area contributed by atoms with Crippen molar-refractivity contribution in [3.8, 4) is 0 Å². The van der Waals surface area contributed by atoms with Crippen molar-refractivity contribution in [3.63, 3.8) is 0 Å². The molecule has 5 heteroatoms. The molecule has 2 atom stereocenters. The lowest BCUT2D eigenvalue weighted by molar-refractivity contribution is 0.0106. The van der Waals surface area contributed by atoms with Gasteiger partial charge in [-0.3, -0.25) is 4.84 Å². The summed E-state index contributed by atoms with van der Waals surface area (Å²) < 4.78 is 0. The summed E-state index contributed by atoms with van der Waals surface area (Å²) in [6.45, 7) is 0. The van der Waals surface area contributed by atoms with E-state index in [1.165, 1.54) is 0 Å². The van der Waals surface area contributed by atoms with E-state index in [0.29, 0.717) is 12.8 Å². The molecule has 0 radical (unpaired) electrons. The summed E-state index contributed by atoms with van der Waals surface area (Å²) in [5.41, 5.74) is 0.238. The molecule has 0 spiro atoms. The summed E-state index contributed by atoms with van der Waals surface area (Å²) in [5, 5.41) is 11.5. The zero-order valence-corrected chi connectivity index (χ0v) is 9.87. The molecular formula is C13H16N2O3. The molecule has 0 fully saturated rings. The monoisotopic (exact) mass is 248 g/mol. The second-order valence-corrected chi connectivity index (χ2v) is 4.40. The third-order valence-corrected chi connectivity index (χ3v) is 3.18. The van der Waals surface area contributed by atoms with E-state index in [4.69, 9.17) is 15.8 Å². The first-order valence-corrected chi connectivity index (χ1v) is 5.74. The largest absolute Gasteiger partial charge is 0.465 e. The van der Waals surface area contributed by atoms with Crippen LogP contribution in [-0.2, 0) is 11.3 Å². The Hall–Kier alpha value is -1.85. The van der Waals surface area contributed by atoms with Crippen molar-refractivity contribution in [2.24, 2.45) is 5.90 Å². The first-order valence-electron chi connectivity index (χ1n) is 5.74. The Kier molecular flexibility index (Phi) is 3.64. The van der Waals surface area contributed by atoms with Crippen molar-refractivity contribution >= 4 is 6.09 Å². The topological polar surface area (TPSA) is 84.6 Å². The lowest BCUT2D eigenvalue weighted by atomic mass is 9.88. The molecule has 96 valence electrons. The Morgan fingerprint density at radius 1 is 1.50 bits per heavy atom. The highest BCUT2D eigenvalue weighted by Gasteiger charge is 2.41. The molecule has 4 N–H and O–H groups in total. The molecule has 0 aromatic heterocycles. The van der Waals surface area contributed by atoms with Gasteiger partial charge in [-0.05, 0) is 12.0 Å². The van der Waals surface area contributed by atoms with Gasteiger partial charge in [0.1, 0.15) is 6.10 Å². The maximum atomic E-state index is 11.0. The van der Waals surface area contributed by atoms with Gasteiger partial charge < -0.3 is 10.4 Å². The first-order chi connectivity index (χ1) is 8.66. The summed E-state index contributed by atoms with van der Waals surface area (Å²) in [6, 6.07) is 9.65. The van der Waals surface area contributed by atoms with Crippen LogP contribution in [0, 0.1) is 0 Å². The van der Waals surface area contributed by atoms with Crippen molar-refractivity contribution in [3.05, 3.63) is 48.0 Å². The van der Waals surface area contributed by atoms with Gasteiger partial charge in [-0.2, -0.15) is 0 Å². The minimum Gasteiger partial charge on any atom is -0.465 e. The van der Waals surface area contributed by atoms with E-state index in [1.54, 1.807) is 0 Å². The molecule has 0 saturated heterocycles. The van der Waals surface area contributed by atoms with Crippen LogP contribution in [0.1, 0.15) is 12.0 Å². The number of rotatable bonds is 4. The van der Waals surface area contributed by atoms with Crippen molar-refractivity contribution in [2.75, 3.05) is 0 Å². The summed E-state index contributed by atoms with van der Waals surface area (Å²) in [4.78, 5) is 15.9. The molecule has 0 heterocycles. The predicted molar refractivity (Wildman–Crippen MR) is 66.9 cm³/mol. The Labute approximate surface area is 105 Å². The molecule has 0 saturated carbocycles. The average molecular weight is 248 g/mol. The fourth-order valence-corrected chi connectivity index (χ4v) is 2.37. The average Bonchev–Trinajstić information content (AvgIpc) is 2.72. The zero-order chi connectivity index (χ0) is 13.0. The third kappa shape index (κ3) is 2.52. The number of nitrogens with one attached hydrogen (secondary N) is 1. The van der Waals surface area contributed by atoms with Crippen LogP contribution < -0.4 is 11.2 Å². The predicted octanol–water partition coefficient (Wildman–Crippen LogP) is 1.45. The molecule has 0 aliphatic heterocycles. The molecule has 5 nitrogen and oxygen atoms in total. The van der Waals surface area contributed by atoms with Gasteiger partial charge in [0.2, 0.25) is 0 Å². The van der Waals surface area contributed by atoms with Gasteiger partial charge in [0.15, 0.2) is 0 Å². The number of hydrogen-bond donors (Lipinski definition) is 3. The molecule has 1 aromatic carbocycles. The van der Waals surface area contributed by atoms with E-state index in [9.17, 15) is 4.79 Å². The summed E-state index contributed by atoms with van der Waals surface area (Å²) >= 11 is 0. The van der Waals surface area contributed by atoms with Gasteiger partial charge in [-0.15, -0.1) is 0 Å². The fraction of sp³-hybridized carbons (Fsp3) is 0.308. The highest BCUT2D eigenvalue weighted by molar-refractivity contribution is 5.67. The van der Waals surface area contributed by atoms with Gasteiger partial charge in [0.25, 0.3) is 0 Å². The number of benzene rings is 1. The van der Waals surface area contributed by atoms with E-state index in [1.807, 2.05) is 42.5 Å². The Morgan fingerprint density at radius 2 is 2.22 bits per heavy atom. The second-order valence-electron chi connectivity index (χ2n) is 4.40. The van der Waals surface area contributed by atoms with E-state index < -0.39 is 11.6 Å². The second kappa shape index (κ2) is 5.20. The fourth-order valence-electron chi connectivity index (χ4n) is 2.37. The molecule has 1 aliphatic carbocycles. The number of hydrogen-bond acceptors (Lipinski definition) is 3. The van der Waals surface area contributed by atoms with E-state index in [2.05, 4.69) is 5.32 Å². The molecule has 0 bridgehead atoms. The molecule has 18 heavy (non-hydrogen) atoms. The highest BCUT2D eigenvalue weighted by Crippen LogP contribution is 2.29. The van der Waals surface area contributed by atoms with Crippen LogP contribution in [0.3, 0.4) is 0 Å². The Balaban J connectivity index is 2.25. The Morgan fingerprint density at radius 3 is 2.83 bits per heavy atom. The zero-order valence-electron chi connectivity index (χ0n) is 9.87. The number of carboxylic acid groups (broad SMARTS) is 1. The molecule has 1 aromatic rings. The van der Waals surface area contributed by atoms with Crippen LogP contribution in [0.25, 0.3) is 0 Å². The lowest BCUT2D eigenvalue weighted by Gasteiger charge is -2.33. The maximum Gasteiger partial charge on any atom is 0.405 e. The lowest BCUT2D eigenvalue weighted by Crippen LogP contribution is -2.56. The highest BCUT2D eigenvalue weighted by atomic mass is 16.6. The minimum absolute atomic E-state index is 0.381. The van der Waals surface area contributed by atoms with Crippen LogP contribution in [-0.4, -0.2) is 22.8 Å². The molecule has 0 unspecified atom stereocenters. The van der Waals surface area contributed by atoms with Crippen LogP contribution in [0.2, 0.25) is 0 Å².